The molecule has 18 heavy (non-hydrogen) atoms. The van der Waals surface area contributed by atoms with Crippen LogP contribution in [0, 0.1) is 0 Å². The first-order chi connectivity index (χ1) is 8.72. The molecular weight excluding hydrogens is 232 g/mol. The zero-order valence-electron chi connectivity index (χ0n) is 10.8. The quantitative estimate of drug-likeness (QED) is 0.756. The van der Waals surface area contributed by atoms with Crippen molar-refractivity contribution in [1.29, 1.82) is 0 Å². The molecule has 100 valence electrons. The molecule has 0 radical (unpaired) electrons. The maximum atomic E-state index is 12.1. The highest BCUT2D eigenvalue weighted by molar-refractivity contribution is 5.77. The van der Waals surface area contributed by atoms with Crippen LogP contribution in [0.4, 0.5) is 0 Å². The zero-order chi connectivity index (χ0) is 13.0. The van der Waals surface area contributed by atoms with E-state index in [0.29, 0.717) is 31.7 Å². The molecule has 5 nitrogen and oxygen atoms in total. The van der Waals surface area contributed by atoms with Gasteiger partial charge in [0, 0.05) is 39.0 Å². The van der Waals surface area contributed by atoms with Crippen molar-refractivity contribution in [2.24, 2.45) is 0 Å². The van der Waals surface area contributed by atoms with Gasteiger partial charge < -0.3 is 15.0 Å². The number of carbonyl (C=O) groups excluding carboxylic acids is 2. The van der Waals surface area contributed by atoms with Crippen LogP contribution in [0.15, 0.2) is 5.70 Å². The number of ether oxygens (including phenoxy) is 1. The Morgan fingerprint density at radius 1 is 1.50 bits per heavy atom. The Hall–Kier alpha value is -1.32. The SMILES string of the molecule is CCOC1(N2CCCCC2=O)CCNC(=C=O)C1. The Morgan fingerprint density at radius 3 is 3.00 bits per heavy atom. The molecule has 2 rings (SSSR count). The fraction of sp³-hybridized carbons (Fsp3) is 0.769. The molecule has 2 aliphatic rings. The van der Waals surface area contributed by atoms with Gasteiger partial charge in [-0.05, 0) is 19.8 Å². The average Bonchev–Trinajstić information content (AvgIpc) is 2.39. The van der Waals surface area contributed by atoms with Crippen molar-refractivity contribution in [2.75, 3.05) is 19.7 Å². The Kier molecular flexibility index (Phi) is 4.04. The third-order valence-electron chi connectivity index (χ3n) is 3.66. The predicted molar refractivity (Wildman–Crippen MR) is 66.4 cm³/mol. The van der Waals surface area contributed by atoms with E-state index in [9.17, 15) is 9.59 Å². The van der Waals surface area contributed by atoms with Gasteiger partial charge in [0.2, 0.25) is 5.91 Å². The third-order valence-corrected chi connectivity index (χ3v) is 3.66. The maximum absolute atomic E-state index is 12.1. The van der Waals surface area contributed by atoms with Gasteiger partial charge in [-0.25, -0.2) is 4.79 Å². The van der Waals surface area contributed by atoms with Crippen molar-refractivity contribution in [3.05, 3.63) is 5.70 Å². The summed E-state index contributed by atoms with van der Waals surface area (Å²) in [7, 11) is 0. The highest BCUT2D eigenvalue weighted by Gasteiger charge is 2.43. The largest absolute Gasteiger partial charge is 0.379 e. The van der Waals surface area contributed by atoms with Gasteiger partial charge in [-0.1, -0.05) is 0 Å². The topological polar surface area (TPSA) is 58.6 Å². The molecule has 5 heteroatoms. The number of piperidine rings is 2. The summed E-state index contributed by atoms with van der Waals surface area (Å²) in [4.78, 5) is 24.8. The van der Waals surface area contributed by atoms with E-state index in [1.54, 1.807) is 0 Å². The highest BCUT2D eigenvalue weighted by atomic mass is 16.5. The van der Waals surface area contributed by atoms with Crippen LogP contribution in [0.2, 0.25) is 0 Å². The van der Waals surface area contributed by atoms with Gasteiger partial charge in [0.15, 0.2) is 5.72 Å². The van der Waals surface area contributed by atoms with Gasteiger partial charge in [-0.2, -0.15) is 0 Å². The molecule has 0 bridgehead atoms. The molecule has 2 aliphatic heterocycles. The number of rotatable bonds is 3. The van der Waals surface area contributed by atoms with Crippen LogP contribution >= 0.6 is 0 Å². The van der Waals surface area contributed by atoms with Crippen molar-refractivity contribution < 1.29 is 14.3 Å². The summed E-state index contributed by atoms with van der Waals surface area (Å²) < 4.78 is 5.88. The van der Waals surface area contributed by atoms with Crippen molar-refractivity contribution in [2.45, 2.75) is 44.8 Å². The fourth-order valence-corrected chi connectivity index (χ4v) is 2.84. The van der Waals surface area contributed by atoms with Crippen molar-refractivity contribution in [3.63, 3.8) is 0 Å². The van der Waals surface area contributed by atoms with Gasteiger partial charge in [-0.15, -0.1) is 0 Å². The molecule has 1 N–H and O–H groups in total. The summed E-state index contributed by atoms with van der Waals surface area (Å²) in [5.74, 6) is 2.05. The van der Waals surface area contributed by atoms with E-state index in [-0.39, 0.29) is 5.91 Å². The van der Waals surface area contributed by atoms with Gasteiger partial charge in [0.25, 0.3) is 0 Å². The molecule has 2 fully saturated rings. The monoisotopic (exact) mass is 252 g/mol. The maximum Gasteiger partial charge on any atom is 0.224 e. The minimum absolute atomic E-state index is 0.141. The minimum Gasteiger partial charge on any atom is -0.379 e. The van der Waals surface area contributed by atoms with Crippen LogP contribution in [0.25, 0.3) is 0 Å². The lowest BCUT2D eigenvalue weighted by Gasteiger charge is -2.47. The van der Waals surface area contributed by atoms with Crippen molar-refractivity contribution >= 4 is 11.8 Å². The van der Waals surface area contributed by atoms with Crippen LogP contribution in [-0.4, -0.2) is 42.2 Å². The van der Waals surface area contributed by atoms with E-state index in [4.69, 9.17) is 4.74 Å². The Balaban J connectivity index is 2.24. The molecule has 1 unspecified atom stereocenters. The van der Waals surface area contributed by atoms with Crippen LogP contribution in [0.1, 0.15) is 39.0 Å². The van der Waals surface area contributed by atoms with Gasteiger partial charge in [0.05, 0.1) is 0 Å². The summed E-state index contributed by atoms with van der Waals surface area (Å²) in [6.45, 7) is 3.83. The summed E-state index contributed by atoms with van der Waals surface area (Å²) in [6, 6.07) is 0. The second-order valence-corrected chi connectivity index (χ2v) is 4.82. The van der Waals surface area contributed by atoms with Crippen molar-refractivity contribution in [1.82, 2.24) is 10.2 Å². The number of nitrogens with one attached hydrogen (secondary N) is 1. The van der Waals surface area contributed by atoms with Gasteiger partial charge >= 0.3 is 0 Å². The minimum atomic E-state index is -0.635. The second kappa shape index (κ2) is 5.55. The van der Waals surface area contributed by atoms with E-state index in [1.165, 1.54) is 0 Å². The number of hydrogen-bond donors (Lipinski definition) is 1. The van der Waals surface area contributed by atoms with Crippen LogP contribution in [0.5, 0.6) is 0 Å². The zero-order valence-corrected chi connectivity index (χ0v) is 10.8. The van der Waals surface area contributed by atoms with Crippen molar-refractivity contribution in [3.8, 4) is 0 Å². The number of likely N-dealkylation sites (tertiary alicyclic amines) is 1. The summed E-state index contributed by atoms with van der Waals surface area (Å²) in [5, 5.41) is 3.01. The number of amides is 1. The normalized spacial score (nSPS) is 28.8. The molecule has 0 spiro atoms. The molecule has 0 aromatic heterocycles. The molecule has 2 saturated heterocycles. The van der Waals surface area contributed by atoms with Crippen LogP contribution < -0.4 is 5.32 Å². The molecular formula is C13H20N2O3. The first-order valence-corrected chi connectivity index (χ1v) is 6.64. The Morgan fingerprint density at radius 2 is 2.33 bits per heavy atom. The molecule has 0 aromatic carbocycles. The summed E-state index contributed by atoms with van der Waals surface area (Å²) in [6.07, 6.45) is 3.69. The fourth-order valence-electron chi connectivity index (χ4n) is 2.84. The number of hydrogen-bond acceptors (Lipinski definition) is 4. The lowest BCUT2D eigenvalue weighted by Crippen LogP contribution is -2.59. The van der Waals surface area contributed by atoms with Gasteiger partial charge in [0.1, 0.15) is 11.6 Å². The van der Waals surface area contributed by atoms with E-state index in [0.717, 1.165) is 25.8 Å². The smallest absolute Gasteiger partial charge is 0.224 e. The molecule has 1 atom stereocenters. The molecule has 0 aliphatic carbocycles. The van der Waals surface area contributed by atoms with E-state index >= 15 is 0 Å². The van der Waals surface area contributed by atoms with E-state index < -0.39 is 5.72 Å². The van der Waals surface area contributed by atoms with E-state index in [1.807, 2.05) is 17.8 Å². The van der Waals surface area contributed by atoms with Crippen LogP contribution in [-0.2, 0) is 14.3 Å². The lowest BCUT2D eigenvalue weighted by molar-refractivity contribution is -0.184. The highest BCUT2D eigenvalue weighted by Crippen LogP contribution is 2.33. The molecule has 2 heterocycles. The first-order valence-electron chi connectivity index (χ1n) is 6.64. The first kappa shape index (κ1) is 13.1. The summed E-state index contributed by atoms with van der Waals surface area (Å²) >= 11 is 0. The Bertz CT molecular complexity index is 372. The molecule has 0 saturated carbocycles. The van der Waals surface area contributed by atoms with E-state index in [2.05, 4.69) is 5.32 Å². The average molecular weight is 252 g/mol. The second-order valence-electron chi connectivity index (χ2n) is 4.82. The number of nitrogens with zero attached hydrogens (tertiary/aromatic N) is 1. The predicted octanol–water partition coefficient (Wildman–Crippen LogP) is 0.831. The van der Waals surface area contributed by atoms with Gasteiger partial charge in [-0.3, -0.25) is 4.79 Å². The van der Waals surface area contributed by atoms with Crippen LogP contribution in [0.3, 0.4) is 0 Å². The molecule has 1 amide bonds. The lowest BCUT2D eigenvalue weighted by atomic mass is 9.94. The third kappa shape index (κ3) is 2.42. The molecule has 0 aromatic rings. The Labute approximate surface area is 107 Å². The standard InChI is InChI=1S/C13H20N2O3/c1-2-18-13(6-7-14-11(9-13)10-16)15-8-4-3-5-12(15)17/h14H,2-9H2,1H3. The number of carbonyl (C=O) groups is 1. The summed E-state index contributed by atoms with van der Waals surface area (Å²) in [5.41, 5.74) is -0.127.